The Morgan fingerprint density at radius 3 is 2.77 bits per heavy atom. The highest BCUT2D eigenvalue weighted by molar-refractivity contribution is 7.92. The summed E-state index contributed by atoms with van der Waals surface area (Å²) in [4.78, 5) is 0. The molecule has 0 amide bonds. The lowest BCUT2D eigenvalue weighted by Crippen LogP contribution is -2.60. The summed E-state index contributed by atoms with van der Waals surface area (Å²) in [5, 5.41) is 28.6. The van der Waals surface area contributed by atoms with E-state index in [1.165, 1.54) is 0 Å². The van der Waals surface area contributed by atoms with Crippen molar-refractivity contribution in [3.8, 4) is 0 Å². The average molecular weight is 207 g/mol. The molecule has 2 aliphatic heterocycles. The molecule has 0 aromatic rings. The van der Waals surface area contributed by atoms with Gasteiger partial charge in [0.2, 0.25) is 0 Å². The Bertz CT molecular complexity index is 191. The molecule has 2 rings (SSSR count). The lowest BCUT2D eigenvalue weighted by molar-refractivity contribution is -0.102. The van der Waals surface area contributed by atoms with E-state index < -0.39 is 24.4 Å². The highest BCUT2D eigenvalue weighted by Crippen LogP contribution is 2.31. The summed E-state index contributed by atoms with van der Waals surface area (Å²) in [5.41, 5.74) is 0. The molecule has 0 aromatic heterocycles. The summed E-state index contributed by atoms with van der Waals surface area (Å²) < 4.78 is 6.82. The summed E-state index contributed by atoms with van der Waals surface area (Å²) in [6.45, 7) is 0.834. The summed E-state index contributed by atoms with van der Waals surface area (Å²) >= 11 is 1.16. The fourth-order valence-electron chi connectivity index (χ4n) is 1.75. The van der Waals surface area contributed by atoms with Crippen molar-refractivity contribution < 1.29 is 19.5 Å². The predicted octanol–water partition coefficient (Wildman–Crippen LogP) is -1.26. The SMILES string of the molecule is O[C@H]1[C@@H]2[C@H](O)COSN2CC[C@H]1O. The van der Waals surface area contributed by atoms with E-state index in [0.29, 0.717) is 13.0 Å². The molecule has 5 nitrogen and oxygen atoms in total. The minimum absolute atomic E-state index is 0.204. The van der Waals surface area contributed by atoms with Crippen molar-refractivity contribution in [2.75, 3.05) is 13.2 Å². The maximum Gasteiger partial charge on any atom is 0.0990 e. The van der Waals surface area contributed by atoms with Gasteiger partial charge in [0.15, 0.2) is 0 Å². The minimum Gasteiger partial charge on any atom is -0.390 e. The third-order valence-corrected chi connectivity index (χ3v) is 3.36. The minimum atomic E-state index is -0.875. The number of piperidine rings is 1. The van der Waals surface area contributed by atoms with E-state index in [1.807, 2.05) is 0 Å². The fraction of sp³-hybridized carbons (Fsp3) is 1.00. The van der Waals surface area contributed by atoms with Crippen molar-refractivity contribution >= 4 is 12.2 Å². The molecule has 2 heterocycles. The summed E-state index contributed by atoms with van der Waals surface area (Å²) in [6.07, 6.45) is -1.80. The van der Waals surface area contributed by atoms with E-state index in [2.05, 4.69) is 0 Å². The first-order valence-electron chi connectivity index (χ1n) is 4.30. The van der Waals surface area contributed by atoms with Gasteiger partial charge in [-0.05, 0) is 6.42 Å². The predicted molar refractivity (Wildman–Crippen MR) is 46.7 cm³/mol. The Hall–Kier alpha value is 0.150. The van der Waals surface area contributed by atoms with E-state index in [0.717, 1.165) is 12.2 Å². The molecule has 13 heavy (non-hydrogen) atoms. The Morgan fingerprint density at radius 1 is 1.23 bits per heavy atom. The van der Waals surface area contributed by atoms with Crippen molar-refractivity contribution in [3.05, 3.63) is 0 Å². The van der Waals surface area contributed by atoms with E-state index in [4.69, 9.17) is 4.18 Å². The van der Waals surface area contributed by atoms with Gasteiger partial charge in [0, 0.05) is 6.54 Å². The van der Waals surface area contributed by atoms with Gasteiger partial charge in [0.1, 0.15) is 0 Å². The molecular formula is C7H13NO4S. The van der Waals surface area contributed by atoms with Crippen LogP contribution in [0.15, 0.2) is 0 Å². The van der Waals surface area contributed by atoms with Crippen LogP contribution in [0.25, 0.3) is 0 Å². The van der Waals surface area contributed by atoms with Crippen LogP contribution < -0.4 is 0 Å². The summed E-state index contributed by atoms with van der Waals surface area (Å²) in [5.74, 6) is 0. The van der Waals surface area contributed by atoms with Crippen LogP contribution in [0.2, 0.25) is 0 Å². The van der Waals surface area contributed by atoms with Gasteiger partial charge in [-0.1, -0.05) is 0 Å². The number of nitrogens with zero attached hydrogens (tertiary/aromatic N) is 1. The number of hydrogen-bond acceptors (Lipinski definition) is 6. The second kappa shape index (κ2) is 3.72. The molecule has 0 unspecified atom stereocenters. The van der Waals surface area contributed by atoms with Crippen molar-refractivity contribution in [2.45, 2.75) is 30.8 Å². The zero-order chi connectivity index (χ0) is 9.42. The first kappa shape index (κ1) is 9.70. The van der Waals surface area contributed by atoms with Crippen LogP contribution >= 0.6 is 12.2 Å². The van der Waals surface area contributed by atoms with Crippen LogP contribution in [0.3, 0.4) is 0 Å². The van der Waals surface area contributed by atoms with E-state index >= 15 is 0 Å². The molecule has 0 bridgehead atoms. The van der Waals surface area contributed by atoms with Gasteiger partial charge in [-0.3, -0.25) is 4.18 Å². The Morgan fingerprint density at radius 2 is 2.00 bits per heavy atom. The van der Waals surface area contributed by atoms with Crippen LogP contribution in [-0.2, 0) is 4.18 Å². The van der Waals surface area contributed by atoms with Gasteiger partial charge in [-0.2, -0.15) is 0 Å². The standard InChI is InChI=1S/C7H13NO4S/c9-4-1-2-8-6(7(4)11)5(10)3-12-13-8/h4-7,9-11H,1-3H2/t4-,5-,6+,7-/m1/s1. The molecule has 2 aliphatic rings. The monoisotopic (exact) mass is 207 g/mol. The lowest BCUT2D eigenvalue weighted by Gasteiger charge is -2.44. The molecule has 76 valence electrons. The molecule has 4 atom stereocenters. The number of fused-ring (bicyclic) bond motifs is 1. The van der Waals surface area contributed by atoms with Gasteiger partial charge >= 0.3 is 0 Å². The van der Waals surface area contributed by atoms with Crippen molar-refractivity contribution in [1.82, 2.24) is 4.31 Å². The Labute approximate surface area is 80.6 Å². The highest BCUT2D eigenvalue weighted by atomic mass is 32.2. The molecule has 0 aliphatic carbocycles. The Kier molecular flexibility index (Phi) is 2.77. The van der Waals surface area contributed by atoms with Gasteiger partial charge in [0.05, 0.1) is 43.2 Å². The van der Waals surface area contributed by atoms with Gasteiger partial charge in [-0.15, -0.1) is 0 Å². The number of aliphatic hydroxyl groups is 3. The third kappa shape index (κ3) is 1.70. The normalized spacial score (nSPS) is 47.3. The molecule has 2 saturated heterocycles. The van der Waals surface area contributed by atoms with E-state index in [9.17, 15) is 15.3 Å². The van der Waals surface area contributed by atoms with Gasteiger partial charge in [0.25, 0.3) is 0 Å². The quantitative estimate of drug-likeness (QED) is 0.340. The highest BCUT2D eigenvalue weighted by Gasteiger charge is 2.43. The zero-order valence-electron chi connectivity index (χ0n) is 7.04. The number of hydrogen-bond donors (Lipinski definition) is 3. The van der Waals surface area contributed by atoms with Crippen molar-refractivity contribution in [3.63, 3.8) is 0 Å². The summed E-state index contributed by atoms with van der Waals surface area (Å²) in [7, 11) is 0. The van der Waals surface area contributed by atoms with E-state index in [1.54, 1.807) is 4.31 Å². The second-order valence-electron chi connectivity index (χ2n) is 3.40. The lowest BCUT2D eigenvalue weighted by atomic mass is 9.94. The molecule has 2 fully saturated rings. The zero-order valence-corrected chi connectivity index (χ0v) is 7.85. The van der Waals surface area contributed by atoms with Crippen LogP contribution in [0.5, 0.6) is 0 Å². The van der Waals surface area contributed by atoms with Gasteiger partial charge < -0.3 is 15.3 Å². The first-order chi connectivity index (χ1) is 6.20. The maximum absolute atomic E-state index is 9.62. The third-order valence-electron chi connectivity index (χ3n) is 2.50. The molecular weight excluding hydrogens is 194 g/mol. The van der Waals surface area contributed by atoms with Crippen molar-refractivity contribution in [1.29, 1.82) is 0 Å². The van der Waals surface area contributed by atoms with Crippen molar-refractivity contribution in [2.24, 2.45) is 0 Å². The largest absolute Gasteiger partial charge is 0.390 e. The second-order valence-corrected chi connectivity index (χ2v) is 4.26. The smallest absolute Gasteiger partial charge is 0.0990 e. The van der Waals surface area contributed by atoms with Gasteiger partial charge in [-0.25, -0.2) is 4.31 Å². The van der Waals surface area contributed by atoms with Crippen LogP contribution in [-0.4, -0.2) is 57.1 Å². The topological polar surface area (TPSA) is 73.2 Å². The molecule has 0 radical (unpaired) electrons. The Balaban J connectivity index is 2.10. The molecule has 0 saturated carbocycles. The fourth-order valence-corrected chi connectivity index (χ4v) is 2.63. The van der Waals surface area contributed by atoms with E-state index in [-0.39, 0.29) is 6.61 Å². The summed E-state index contributed by atoms with van der Waals surface area (Å²) in [6, 6.07) is -0.400. The van der Waals surface area contributed by atoms with Crippen LogP contribution in [0.1, 0.15) is 6.42 Å². The molecule has 3 N–H and O–H groups in total. The molecule has 0 spiro atoms. The van der Waals surface area contributed by atoms with Crippen LogP contribution in [0.4, 0.5) is 0 Å². The van der Waals surface area contributed by atoms with Crippen LogP contribution in [0, 0.1) is 0 Å². The number of aliphatic hydroxyl groups excluding tert-OH is 3. The first-order valence-corrected chi connectivity index (χ1v) is 5.00. The average Bonchev–Trinajstić information content (AvgIpc) is 2.12. The molecule has 0 aromatic carbocycles. The maximum atomic E-state index is 9.62. The number of rotatable bonds is 0. The molecule has 6 heteroatoms.